The molecular weight excluding hydrogens is 216 g/mol. The van der Waals surface area contributed by atoms with Crippen molar-refractivity contribution in [3.8, 4) is 11.5 Å². The minimum Gasteiger partial charge on any atom is -0.508 e. The molecule has 0 fully saturated rings. The van der Waals surface area contributed by atoms with Crippen molar-refractivity contribution in [2.45, 2.75) is 19.8 Å². The molecule has 3 rings (SSSR count). The molecule has 0 unspecified atom stereocenters. The Balaban J connectivity index is 2.13. The number of carbonyl (C=O) groups is 1. The lowest BCUT2D eigenvalue weighted by atomic mass is 9.78. The number of carbonyl (C=O) groups excluding carboxylic acids is 1. The van der Waals surface area contributed by atoms with Gasteiger partial charge in [-0.3, -0.25) is 4.79 Å². The molecule has 1 aliphatic heterocycles. The molecule has 0 saturated carbocycles. The highest BCUT2D eigenvalue weighted by atomic mass is 16.5. The molecule has 1 aliphatic carbocycles. The molecule has 17 heavy (non-hydrogen) atoms. The highest BCUT2D eigenvalue weighted by molar-refractivity contribution is 5.95. The summed E-state index contributed by atoms with van der Waals surface area (Å²) >= 11 is 0. The Morgan fingerprint density at radius 1 is 1.41 bits per heavy atom. The second-order valence-corrected chi connectivity index (χ2v) is 4.89. The zero-order valence-corrected chi connectivity index (χ0v) is 9.64. The zero-order valence-electron chi connectivity index (χ0n) is 9.64. The van der Waals surface area contributed by atoms with Crippen molar-refractivity contribution >= 4 is 11.5 Å². The fourth-order valence-corrected chi connectivity index (χ4v) is 2.63. The molecule has 2 aliphatic rings. The first-order valence-electron chi connectivity index (χ1n) is 5.90. The molecule has 1 aromatic carbocycles. The maximum atomic E-state index is 11.9. The Kier molecular flexibility index (Phi) is 2.21. The first-order valence-corrected chi connectivity index (χ1v) is 5.90. The molecule has 88 valence electrons. The Bertz CT molecular complexity index is 516. The number of hydrogen-bond acceptors (Lipinski definition) is 3. The van der Waals surface area contributed by atoms with E-state index in [0.29, 0.717) is 11.7 Å². The van der Waals surface area contributed by atoms with E-state index in [2.05, 4.69) is 13.0 Å². The van der Waals surface area contributed by atoms with Crippen LogP contribution in [-0.4, -0.2) is 11.1 Å². The number of rotatable bonds is 0. The van der Waals surface area contributed by atoms with Gasteiger partial charge in [-0.15, -0.1) is 0 Å². The standard InChI is InChI=1S/C14H14O3/c1-8-2-4-10-11-5-3-9(15)7-13(11)17-14(16)12(10)6-8/h3-5,7-8,12,15H,2,6H2,1H3/t8-,12-/m0/s1. The Hall–Kier alpha value is -1.77. The molecule has 0 saturated heterocycles. The Morgan fingerprint density at radius 3 is 3.06 bits per heavy atom. The maximum Gasteiger partial charge on any atom is 0.318 e. The molecule has 1 N–H and O–H groups in total. The number of phenolic OH excluding ortho intramolecular Hbond substituents is 1. The van der Waals surface area contributed by atoms with Crippen LogP contribution in [0.25, 0.3) is 5.57 Å². The fraction of sp³-hybridized carbons (Fsp3) is 0.357. The van der Waals surface area contributed by atoms with Gasteiger partial charge in [0.2, 0.25) is 0 Å². The summed E-state index contributed by atoms with van der Waals surface area (Å²) in [6, 6.07) is 4.96. The lowest BCUT2D eigenvalue weighted by Gasteiger charge is -2.31. The molecule has 1 heterocycles. The third kappa shape index (κ3) is 1.62. The normalized spacial score (nSPS) is 26.6. The highest BCUT2D eigenvalue weighted by Gasteiger charge is 2.35. The molecule has 0 aromatic heterocycles. The van der Waals surface area contributed by atoms with Gasteiger partial charge in [0.1, 0.15) is 11.5 Å². The Morgan fingerprint density at radius 2 is 2.24 bits per heavy atom. The van der Waals surface area contributed by atoms with Crippen LogP contribution in [-0.2, 0) is 4.79 Å². The summed E-state index contributed by atoms with van der Waals surface area (Å²) in [7, 11) is 0. The van der Waals surface area contributed by atoms with Gasteiger partial charge in [0.15, 0.2) is 0 Å². The van der Waals surface area contributed by atoms with Gasteiger partial charge in [-0.1, -0.05) is 13.0 Å². The number of hydrogen-bond donors (Lipinski definition) is 1. The minimum absolute atomic E-state index is 0.125. The number of ether oxygens (including phenoxy) is 1. The third-order valence-electron chi connectivity index (χ3n) is 3.52. The minimum atomic E-state index is -0.194. The predicted molar refractivity (Wildman–Crippen MR) is 63.6 cm³/mol. The molecule has 3 nitrogen and oxygen atoms in total. The second kappa shape index (κ2) is 3.62. The van der Waals surface area contributed by atoms with E-state index in [9.17, 15) is 9.90 Å². The number of aromatic hydroxyl groups is 1. The van der Waals surface area contributed by atoms with Crippen molar-refractivity contribution in [1.29, 1.82) is 0 Å². The molecular formula is C14H14O3. The summed E-state index contributed by atoms with van der Waals surface area (Å²) in [5.74, 6) is 0.804. The van der Waals surface area contributed by atoms with Crippen molar-refractivity contribution in [3.63, 3.8) is 0 Å². The summed E-state index contributed by atoms with van der Waals surface area (Å²) in [5.41, 5.74) is 2.01. The van der Waals surface area contributed by atoms with Crippen molar-refractivity contribution in [1.82, 2.24) is 0 Å². The SMILES string of the molecule is C[C@H]1CC=C2c3ccc(O)cc3OC(=O)[C@H]2C1. The summed E-state index contributed by atoms with van der Waals surface area (Å²) in [6.07, 6.45) is 3.99. The van der Waals surface area contributed by atoms with Gasteiger partial charge in [0, 0.05) is 11.6 Å². The fourth-order valence-electron chi connectivity index (χ4n) is 2.63. The van der Waals surface area contributed by atoms with Crippen LogP contribution >= 0.6 is 0 Å². The molecule has 0 amide bonds. The summed E-state index contributed by atoms with van der Waals surface area (Å²) in [5, 5.41) is 9.40. The Labute approximate surface area is 99.7 Å². The van der Waals surface area contributed by atoms with Crippen molar-refractivity contribution in [3.05, 3.63) is 29.8 Å². The lowest BCUT2D eigenvalue weighted by molar-refractivity contribution is -0.138. The molecule has 0 radical (unpaired) electrons. The summed E-state index contributed by atoms with van der Waals surface area (Å²) in [6.45, 7) is 2.15. The average Bonchev–Trinajstić information content (AvgIpc) is 2.29. The van der Waals surface area contributed by atoms with E-state index in [1.54, 1.807) is 6.07 Å². The third-order valence-corrected chi connectivity index (χ3v) is 3.52. The zero-order chi connectivity index (χ0) is 12.0. The van der Waals surface area contributed by atoms with Crippen molar-refractivity contribution in [2.75, 3.05) is 0 Å². The van der Waals surface area contributed by atoms with Crippen LogP contribution in [0.5, 0.6) is 11.5 Å². The largest absolute Gasteiger partial charge is 0.508 e. The van der Waals surface area contributed by atoms with Crippen LogP contribution in [0.2, 0.25) is 0 Å². The van der Waals surface area contributed by atoms with Gasteiger partial charge >= 0.3 is 5.97 Å². The van der Waals surface area contributed by atoms with Crippen molar-refractivity contribution in [2.24, 2.45) is 11.8 Å². The molecule has 3 heteroatoms. The number of benzene rings is 1. The van der Waals surface area contributed by atoms with Crippen LogP contribution in [0.4, 0.5) is 0 Å². The number of allylic oxidation sites excluding steroid dienone is 1. The average molecular weight is 230 g/mol. The molecule has 0 bridgehead atoms. The van der Waals surface area contributed by atoms with E-state index in [1.165, 1.54) is 6.07 Å². The van der Waals surface area contributed by atoms with E-state index in [-0.39, 0.29) is 17.6 Å². The molecule has 1 aromatic rings. The van der Waals surface area contributed by atoms with Gasteiger partial charge in [0.05, 0.1) is 5.92 Å². The van der Waals surface area contributed by atoms with E-state index in [0.717, 1.165) is 24.0 Å². The smallest absolute Gasteiger partial charge is 0.318 e. The van der Waals surface area contributed by atoms with Crippen LogP contribution < -0.4 is 4.74 Å². The van der Waals surface area contributed by atoms with Gasteiger partial charge in [-0.25, -0.2) is 0 Å². The van der Waals surface area contributed by atoms with Crippen LogP contribution in [0.3, 0.4) is 0 Å². The monoisotopic (exact) mass is 230 g/mol. The van der Waals surface area contributed by atoms with E-state index >= 15 is 0 Å². The van der Waals surface area contributed by atoms with Crippen LogP contribution in [0.15, 0.2) is 24.3 Å². The number of phenols is 1. The van der Waals surface area contributed by atoms with Gasteiger partial charge in [-0.2, -0.15) is 0 Å². The quantitative estimate of drug-likeness (QED) is 0.550. The summed E-state index contributed by atoms with van der Waals surface area (Å²) in [4.78, 5) is 11.9. The van der Waals surface area contributed by atoms with E-state index < -0.39 is 0 Å². The highest BCUT2D eigenvalue weighted by Crippen LogP contribution is 2.44. The lowest BCUT2D eigenvalue weighted by Crippen LogP contribution is -2.30. The first kappa shape index (κ1) is 10.4. The van der Waals surface area contributed by atoms with Gasteiger partial charge in [0.25, 0.3) is 0 Å². The molecule has 0 spiro atoms. The van der Waals surface area contributed by atoms with E-state index in [1.807, 2.05) is 6.07 Å². The van der Waals surface area contributed by atoms with E-state index in [4.69, 9.17) is 4.74 Å². The number of esters is 1. The topological polar surface area (TPSA) is 46.5 Å². The van der Waals surface area contributed by atoms with Crippen LogP contribution in [0.1, 0.15) is 25.3 Å². The molecule has 2 atom stereocenters. The van der Waals surface area contributed by atoms with Crippen LogP contribution in [0, 0.1) is 11.8 Å². The second-order valence-electron chi connectivity index (χ2n) is 4.89. The maximum absolute atomic E-state index is 11.9. The number of fused-ring (bicyclic) bond motifs is 3. The van der Waals surface area contributed by atoms with Crippen molar-refractivity contribution < 1.29 is 14.6 Å². The van der Waals surface area contributed by atoms with Gasteiger partial charge in [-0.05, 0) is 36.5 Å². The predicted octanol–water partition coefficient (Wildman–Crippen LogP) is 2.74. The van der Waals surface area contributed by atoms with Gasteiger partial charge < -0.3 is 9.84 Å². The first-order chi connectivity index (χ1) is 8.15. The summed E-state index contributed by atoms with van der Waals surface area (Å²) < 4.78 is 5.29.